The number of rotatable bonds is 3. The highest BCUT2D eigenvalue weighted by Crippen LogP contribution is 2.30. The minimum atomic E-state index is -4.46. The molecule has 5 nitrogen and oxygen atoms in total. The summed E-state index contributed by atoms with van der Waals surface area (Å²) in [5.41, 5.74) is -0.729. The van der Waals surface area contributed by atoms with Crippen LogP contribution in [0, 0.1) is 0 Å². The molecule has 1 aliphatic rings. The SMILES string of the molecule is O=C(Nc1cccc(C(F)(F)F)c1)N1CC(Oc2ccc(Cl)cn2)C1. The Morgan fingerprint density at radius 1 is 1.28 bits per heavy atom. The first-order chi connectivity index (χ1) is 11.8. The van der Waals surface area contributed by atoms with E-state index in [1.807, 2.05) is 0 Å². The summed E-state index contributed by atoms with van der Waals surface area (Å²) < 4.78 is 43.6. The van der Waals surface area contributed by atoms with E-state index < -0.39 is 17.8 Å². The van der Waals surface area contributed by atoms with Crippen molar-refractivity contribution in [3.63, 3.8) is 0 Å². The van der Waals surface area contributed by atoms with Gasteiger partial charge in [0.25, 0.3) is 0 Å². The van der Waals surface area contributed by atoms with Crippen molar-refractivity contribution in [1.29, 1.82) is 0 Å². The van der Waals surface area contributed by atoms with Crippen molar-refractivity contribution < 1.29 is 22.7 Å². The van der Waals surface area contributed by atoms with Gasteiger partial charge >= 0.3 is 12.2 Å². The van der Waals surface area contributed by atoms with Crippen LogP contribution in [0.25, 0.3) is 0 Å². The number of nitrogens with one attached hydrogen (secondary N) is 1. The summed E-state index contributed by atoms with van der Waals surface area (Å²) in [6.45, 7) is 0.629. The molecular formula is C16H13ClF3N3O2. The van der Waals surface area contributed by atoms with E-state index in [-0.39, 0.29) is 11.8 Å². The maximum atomic E-state index is 12.7. The third-order valence-corrected chi connectivity index (χ3v) is 3.79. The average molecular weight is 372 g/mol. The zero-order valence-electron chi connectivity index (χ0n) is 12.8. The Kier molecular flexibility index (Phi) is 4.71. The molecule has 0 aliphatic carbocycles. The Morgan fingerprint density at radius 2 is 2.04 bits per heavy atom. The number of benzene rings is 1. The maximum Gasteiger partial charge on any atom is 0.416 e. The summed E-state index contributed by atoms with van der Waals surface area (Å²) in [4.78, 5) is 17.5. The van der Waals surface area contributed by atoms with Gasteiger partial charge in [-0.05, 0) is 24.3 Å². The molecule has 1 N–H and O–H groups in total. The molecule has 3 rings (SSSR count). The molecule has 9 heteroatoms. The smallest absolute Gasteiger partial charge is 0.416 e. The van der Waals surface area contributed by atoms with Crippen LogP contribution >= 0.6 is 11.6 Å². The minimum absolute atomic E-state index is 0.0866. The lowest BCUT2D eigenvalue weighted by molar-refractivity contribution is -0.137. The normalized spacial score (nSPS) is 14.8. The fourth-order valence-electron chi connectivity index (χ4n) is 2.26. The van der Waals surface area contributed by atoms with Crippen molar-refractivity contribution >= 4 is 23.3 Å². The van der Waals surface area contributed by atoms with Gasteiger partial charge in [-0.1, -0.05) is 17.7 Å². The zero-order chi connectivity index (χ0) is 18.0. The maximum absolute atomic E-state index is 12.7. The van der Waals surface area contributed by atoms with Crippen LogP contribution in [0.1, 0.15) is 5.56 Å². The number of halogens is 4. The summed E-state index contributed by atoms with van der Waals surface area (Å²) in [6.07, 6.45) is -3.23. The van der Waals surface area contributed by atoms with Gasteiger partial charge in [-0.25, -0.2) is 9.78 Å². The van der Waals surface area contributed by atoms with Gasteiger partial charge in [0.1, 0.15) is 6.10 Å². The van der Waals surface area contributed by atoms with E-state index in [9.17, 15) is 18.0 Å². The molecule has 2 amide bonds. The number of aromatic nitrogens is 1. The fourth-order valence-corrected chi connectivity index (χ4v) is 2.37. The number of nitrogens with zero attached hydrogens (tertiary/aromatic N) is 2. The Hall–Kier alpha value is -2.48. The number of alkyl halides is 3. The van der Waals surface area contributed by atoms with Crippen molar-refractivity contribution in [3.8, 4) is 5.88 Å². The Morgan fingerprint density at radius 3 is 2.68 bits per heavy atom. The zero-order valence-corrected chi connectivity index (χ0v) is 13.5. The predicted octanol–water partition coefficient (Wildman–Crippen LogP) is 4.05. The first kappa shape index (κ1) is 17.3. The van der Waals surface area contributed by atoms with Crippen LogP contribution < -0.4 is 10.1 Å². The number of amides is 2. The van der Waals surface area contributed by atoms with Gasteiger partial charge in [-0.15, -0.1) is 0 Å². The van der Waals surface area contributed by atoms with Gasteiger partial charge in [0.2, 0.25) is 5.88 Å². The number of pyridine rings is 1. The van der Waals surface area contributed by atoms with Crippen molar-refractivity contribution in [1.82, 2.24) is 9.88 Å². The molecule has 1 fully saturated rings. The van der Waals surface area contributed by atoms with Gasteiger partial charge in [-0.2, -0.15) is 13.2 Å². The van der Waals surface area contributed by atoms with Crippen LogP contribution in [-0.4, -0.2) is 35.1 Å². The lowest BCUT2D eigenvalue weighted by atomic mass is 10.1. The summed E-state index contributed by atoms with van der Waals surface area (Å²) >= 11 is 5.73. The molecule has 0 radical (unpaired) electrons. The summed E-state index contributed by atoms with van der Waals surface area (Å²) in [6, 6.07) is 7.26. The van der Waals surface area contributed by atoms with Crippen LogP contribution in [0.4, 0.5) is 23.7 Å². The Balaban J connectivity index is 1.51. The van der Waals surface area contributed by atoms with Gasteiger partial charge in [0.15, 0.2) is 0 Å². The number of hydrogen-bond donors (Lipinski definition) is 1. The van der Waals surface area contributed by atoms with Crippen molar-refractivity contribution in [2.45, 2.75) is 12.3 Å². The fraction of sp³-hybridized carbons (Fsp3) is 0.250. The highest BCUT2D eigenvalue weighted by molar-refractivity contribution is 6.30. The van der Waals surface area contributed by atoms with Crippen LogP contribution in [0.15, 0.2) is 42.6 Å². The Labute approximate surface area is 146 Å². The van der Waals surface area contributed by atoms with E-state index in [4.69, 9.17) is 16.3 Å². The molecule has 2 heterocycles. The second kappa shape index (κ2) is 6.79. The molecule has 132 valence electrons. The Bertz CT molecular complexity index is 762. The van der Waals surface area contributed by atoms with Gasteiger partial charge in [-0.3, -0.25) is 0 Å². The highest BCUT2D eigenvalue weighted by atomic mass is 35.5. The minimum Gasteiger partial charge on any atom is -0.471 e. The molecule has 0 bridgehead atoms. The summed E-state index contributed by atoms with van der Waals surface area (Å²) in [5.74, 6) is 0.396. The molecule has 2 aromatic rings. The van der Waals surface area contributed by atoms with E-state index >= 15 is 0 Å². The van der Waals surface area contributed by atoms with E-state index in [1.165, 1.54) is 23.2 Å². The first-order valence-electron chi connectivity index (χ1n) is 7.32. The molecule has 1 saturated heterocycles. The van der Waals surface area contributed by atoms with Crippen molar-refractivity contribution in [2.75, 3.05) is 18.4 Å². The molecule has 1 aromatic heterocycles. The van der Waals surface area contributed by atoms with Crippen molar-refractivity contribution in [3.05, 3.63) is 53.2 Å². The van der Waals surface area contributed by atoms with Gasteiger partial charge in [0.05, 0.1) is 23.7 Å². The number of hydrogen-bond acceptors (Lipinski definition) is 3. The molecule has 0 saturated carbocycles. The lowest BCUT2D eigenvalue weighted by Gasteiger charge is -2.38. The third-order valence-electron chi connectivity index (χ3n) is 3.56. The molecular weight excluding hydrogens is 359 g/mol. The molecule has 0 spiro atoms. The molecule has 1 aromatic carbocycles. The number of urea groups is 1. The van der Waals surface area contributed by atoms with E-state index in [0.29, 0.717) is 24.0 Å². The van der Waals surface area contributed by atoms with Crippen molar-refractivity contribution in [2.24, 2.45) is 0 Å². The highest BCUT2D eigenvalue weighted by Gasteiger charge is 2.33. The number of likely N-dealkylation sites (tertiary alicyclic amines) is 1. The molecule has 1 aliphatic heterocycles. The van der Waals surface area contributed by atoms with Crippen LogP contribution in [0.2, 0.25) is 5.02 Å². The number of anilines is 1. The second-order valence-electron chi connectivity index (χ2n) is 5.47. The summed E-state index contributed by atoms with van der Waals surface area (Å²) in [5, 5.41) is 2.94. The standard InChI is InChI=1S/C16H13ClF3N3O2/c17-11-4-5-14(21-7-11)25-13-8-23(9-13)15(24)22-12-3-1-2-10(6-12)16(18,19)20/h1-7,13H,8-9H2,(H,22,24). The quantitative estimate of drug-likeness (QED) is 0.885. The molecule has 0 unspecified atom stereocenters. The first-order valence-corrected chi connectivity index (χ1v) is 7.70. The average Bonchev–Trinajstić information content (AvgIpc) is 2.51. The largest absolute Gasteiger partial charge is 0.471 e. The van der Waals surface area contributed by atoms with Gasteiger partial charge in [0, 0.05) is 18.0 Å². The van der Waals surface area contributed by atoms with Crippen LogP contribution in [0.5, 0.6) is 5.88 Å². The van der Waals surface area contributed by atoms with Crippen LogP contribution in [0.3, 0.4) is 0 Å². The van der Waals surface area contributed by atoms with Crippen LogP contribution in [-0.2, 0) is 6.18 Å². The van der Waals surface area contributed by atoms with Gasteiger partial charge < -0.3 is 15.0 Å². The number of ether oxygens (including phenoxy) is 1. The molecule has 0 atom stereocenters. The summed E-state index contributed by atoms with van der Waals surface area (Å²) in [7, 11) is 0. The second-order valence-corrected chi connectivity index (χ2v) is 5.90. The molecule has 25 heavy (non-hydrogen) atoms. The van der Waals surface area contributed by atoms with E-state index in [0.717, 1.165) is 12.1 Å². The monoisotopic (exact) mass is 371 g/mol. The predicted molar refractivity (Wildman–Crippen MR) is 85.7 cm³/mol. The number of carbonyl (C=O) groups is 1. The number of carbonyl (C=O) groups excluding carboxylic acids is 1. The lowest BCUT2D eigenvalue weighted by Crippen LogP contribution is -2.57. The van der Waals surface area contributed by atoms with E-state index in [2.05, 4.69) is 10.3 Å². The topological polar surface area (TPSA) is 54.5 Å². The van der Waals surface area contributed by atoms with E-state index in [1.54, 1.807) is 12.1 Å². The third kappa shape index (κ3) is 4.33.